The smallest absolute Gasteiger partial charge is 0.255 e. The first-order valence-electron chi connectivity index (χ1n) is 20.2. The van der Waals surface area contributed by atoms with Crippen LogP contribution < -0.4 is 24.6 Å². The highest BCUT2D eigenvalue weighted by molar-refractivity contribution is 6.05. The molecule has 0 bridgehead atoms. The van der Waals surface area contributed by atoms with E-state index in [0.717, 1.165) is 67.9 Å². The summed E-state index contributed by atoms with van der Waals surface area (Å²) in [7, 11) is 1.60. The normalized spacial score (nSPS) is 22.7. The number of benzene rings is 4. The molecule has 0 saturated carbocycles. The van der Waals surface area contributed by atoms with Gasteiger partial charge in [0.15, 0.2) is 0 Å². The van der Waals surface area contributed by atoms with E-state index in [0.29, 0.717) is 54.6 Å². The second-order valence-corrected chi connectivity index (χ2v) is 16.2. The maximum absolute atomic E-state index is 16.2. The Hall–Kier alpha value is -5.69. The number of fused-ring (bicyclic) bond motifs is 2. The molecular weight excluding hydrogens is 745 g/mol. The van der Waals surface area contributed by atoms with Crippen LogP contribution in [0.3, 0.4) is 0 Å². The summed E-state index contributed by atoms with van der Waals surface area (Å²) in [6.45, 7) is 6.11. The first-order chi connectivity index (χ1) is 28.1. The molecule has 0 aromatic heterocycles. The highest BCUT2D eigenvalue weighted by Crippen LogP contribution is 2.48. The number of hydrogen-bond acceptors (Lipinski definition) is 9. The number of phenols is 1. The number of phenolic OH excluding ortho intramolecular Hbond substituents is 1. The molecule has 4 aromatic rings. The zero-order valence-corrected chi connectivity index (χ0v) is 32.5. The van der Waals surface area contributed by atoms with Gasteiger partial charge in [-0.3, -0.25) is 24.6 Å². The van der Waals surface area contributed by atoms with Crippen molar-refractivity contribution in [2.24, 2.45) is 5.92 Å². The van der Waals surface area contributed by atoms with E-state index in [1.165, 1.54) is 12.1 Å². The van der Waals surface area contributed by atoms with Crippen LogP contribution in [0.5, 0.6) is 17.2 Å². The number of nitrogens with one attached hydrogen (secondary N) is 1. The van der Waals surface area contributed by atoms with Gasteiger partial charge in [0.25, 0.3) is 5.91 Å². The fraction of sp³-hybridized carbons (Fsp3) is 0.400. The van der Waals surface area contributed by atoms with E-state index in [2.05, 4.69) is 21.2 Å². The summed E-state index contributed by atoms with van der Waals surface area (Å²) < 4.78 is 43.9. The van der Waals surface area contributed by atoms with Crippen molar-refractivity contribution in [3.05, 3.63) is 112 Å². The van der Waals surface area contributed by atoms with Gasteiger partial charge >= 0.3 is 0 Å². The summed E-state index contributed by atoms with van der Waals surface area (Å²) >= 11 is 0. The molecule has 3 fully saturated rings. The highest BCUT2D eigenvalue weighted by Gasteiger charge is 2.40. The lowest BCUT2D eigenvalue weighted by Gasteiger charge is -2.40. The van der Waals surface area contributed by atoms with Gasteiger partial charge in [-0.15, -0.1) is 0 Å². The van der Waals surface area contributed by atoms with Gasteiger partial charge in [0.2, 0.25) is 11.8 Å². The van der Waals surface area contributed by atoms with Crippen molar-refractivity contribution < 1.29 is 37.7 Å². The predicted molar refractivity (Wildman–Crippen MR) is 214 cm³/mol. The number of anilines is 2. The zero-order chi connectivity index (χ0) is 40.1. The summed E-state index contributed by atoms with van der Waals surface area (Å²) in [5, 5.41) is 12.5. The number of hydrogen-bond donors (Lipinski definition) is 2. The zero-order valence-electron chi connectivity index (χ0n) is 32.5. The largest absolute Gasteiger partial charge is 0.508 e. The summed E-state index contributed by atoms with van der Waals surface area (Å²) in [4.78, 5) is 45.5. The number of piperazine rings is 1. The van der Waals surface area contributed by atoms with Crippen LogP contribution in [0.1, 0.15) is 70.1 Å². The molecule has 11 nitrogen and oxygen atoms in total. The van der Waals surface area contributed by atoms with Gasteiger partial charge < -0.3 is 29.3 Å². The molecule has 5 aliphatic rings. The molecule has 5 heterocycles. The minimum atomic E-state index is -0.632. The fourth-order valence-corrected chi connectivity index (χ4v) is 9.69. The van der Waals surface area contributed by atoms with Crippen LogP contribution in [-0.4, -0.2) is 98.2 Å². The Morgan fingerprint density at radius 2 is 1.62 bits per heavy atom. The molecule has 3 amide bonds. The van der Waals surface area contributed by atoms with Gasteiger partial charge in [-0.1, -0.05) is 18.2 Å². The van der Waals surface area contributed by atoms with E-state index in [4.69, 9.17) is 9.47 Å². The molecule has 13 heteroatoms. The highest BCUT2D eigenvalue weighted by atomic mass is 19.1. The van der Waals surface area contributed by atoms with Crippen molar-refractivity contribution >= 4 is 29.1 Å². The lowest BCUT2D eigenvalue weighted by molar-refractivity contribution is -0.136. The van der Waals surface area contributed by atoms with E-state index >= 15 is 8.78 Å². The molecule has 0 radical (unpaired) electrons. The Balaban J connectivity index is 0.818. The molecule has 3 unspecified atom stereocenters. The Bertz CT molecular complexity index is 2230. The number of imide groups is 1. The molecule has 3 saturated heterocycles. The lowest BCUT2D eigenvalue weighted by atomic mass is 9.75. The monoisotopic (exact) mass is 791 g/mol. The van der Waals surface area contributed by atoms with E-state index in [1.54, 1.807) is 30.2 Å². The van der Waals surface area contributed by atoms with E-state index in [9.17, 15) is 19.5 Å². The van der Waals surface area contributed by atoms with Crippen molar-refractivity contribution in [2.45, 2.75) is 50.1 Å². The predicted octanol–water partition coefficient (Wildman–Crippen LogP) is 5.79. The molecule has 9 rings (SSSR count). The minimum Gasteiger partial charge on any atom is -0.508 e. The second kappa shape index (κ2) is 15.6. The maximum atomic E-state index is 16.2. The summed E-state index contributed by atoms with van der Waals surface area (Å²) in [5.74, 6) is -1.04. The van der Waals surface area contributed by atoms with Crippen LogP contribution in [-0.2, 0) is 16.1 Å². The number of amides is 3. The summed E-state index contributed by atoms with van der Waals surface area (Å²) in [5.41, 5.74) is 4.78. The van der Waals surface area contributed by atoms with Gasteiger partial charge in [0, 0.05) is 93.5 Å². The van der Waals surface area contributed by atoms with Gasteiger partial charge in [-0.05, 0) is 90.4 Å². The average Bonchev–Trinajstić information content (AvgIpc) is 3.55. The quantitative estimate of drug-likeness (QED) is 0.214. The van der Waals surface area contributed by atoms with Crippen LogP contribution in [0.4, 0.5) is 20.2 Å². The first-order valence-corrected chi connectivity index (χ1v) is 20.2. The van der Waals surface area contributed by atoms with E-state index < -0.39 is 29.5 Å². The molecule has 4 aromatic carbocycles. The second-order valence-electron chi connectivity index (χ2n) is 16.2. The Morgan fingerprint density at radius 1 is 0.845 bits per heavy atom. The lowest BCUT2D eigenvalue weighted by Crippen LogP contribution is -2.52. The number of aromatic hydroxyl groups is 1. The Morgan fingerprint density at radius 3 is 2.36 bits per heavy atom. The van der Waals surface area contributed by atoms with Gasteiger partial charge in [0.1, 0.15) is 40.6 Å². The van der Waals surface area contributed by atoms with Crippen molar-refractivity contribution in [2.75, 3.05) is 69.3 Å². The molecule has 58 heavy (non-hydrogen) atoms. The van der Waals surface area contributed by atoms with Crippen molar-refractivity contribution in [3.8, 4) is 17.2 Å². The van der Waals surface area contributed by atoms with Crippen LogP contribution in [0.2, 0.25) is 0 Å². The van der Waals surface area contributed by atoms with E-state index in [-0.39, 0.29) is 42.2 Å². The number of carbonyl (C=O) groups is 3. The minimum absolute atomic E-state index is 0.0167. The Labute approximate surface area is 336 Å². The van der Waals surface area contributed by atoms with Crippen LogP contribution in [0, 0.1) is 17.6 Å². The number of piperidine rings is 2. The molecule has 2 N–H and O–H groups in total. The third-order valence-corrected chi connectivity index (χ3v) is 12.8. The number of rotatable bonds is 8. The van der Waals surface area contributed by atoms with E-state index in [1.807, 2.05) is 41.3 Å². The molecule has 0 spiro atoms. The maximum Gasteiger partial charge on any atom is 0.255 e. The number of methoxy groups -OCH3 is 1. The SMILES string of the molecule is COc1cccc(C2COc3cc(O)ccc3C2c2cc(F)c(N3CCC(CN4CCN(c5ccc6c(c5)CN(C5CCC(=O)NC5=O)C6=O)CC4)CC3)c(F)c2)c1. The number of nitrogens with zero attached hydrogens (tertiary/aromatic N) is 4. The summed E-state index contributed by atoms with van der Waals surface area (Å²) in [6, 6.07) is 20.8. The average molecular weight is 792 g/mol. The summed E-state index contributed by atoms with van der Waals surface area (Å²) in [6.07, 6.45) is 2.23. The van der Waals surface area contributed by atoms with Gasteiger partial charge in [-0.2, -0.15) is 0 Å². The van der Waals surface area contributed by atoms with Crippen LogP contribution in [0.15, 0.2) is 72.8 Å². The fourth-order valence-electron chi connectivity index (χ4n) is 9.69. The third-order valence-electron chi connectivity index (χ3n) is 12.8. The third kappa shape index (κ3) is 7.20. The first kappa shape index (κ1) is 37.9. The standard InChI is InChI=1S/C45H47F2N5O6/c1-57-33-4-2-3-28(20-33)36-26-58-40-23-32(53)6-8-35(40)42(36)29-21-37(46)43(38(47)22-29)51-13-11-27(12-14-51)24-49-15-17-50(18-16-49)31-5-7-34-30(19-31)25-52(45(34)56)39-9-10-41(54)48-44(39)55/h2-8,19-23,27,36,39,42,53H,9-18,24-26H2,1H3,(H,48,54,55). The molecule has 0 aliphatic carbocycles. The topological polar surface area (TPSA) is 115 Å². The van der Waals surface area contributed by atoms with Crippen molar-refractivity contribution in [1.29, 1.82) is 0 Å². The number of ether oxygens (including phenoxy) is 2. The van der Waals surface area contributed by atoms with Gasteiger partial charge in [0.05, 0.1) is 13.7 Å². The van der Waals surface area contributed by atoms with Gasteiger partial charge in [-0.25, -0.2) is 8.78 Å². The molecular formula is C45H47F2N5O6. The molecule has 5 aliphatic heterocycles. The Kier molecular flexibility index (Phi) is 10.2. The molecule has 302 valence electrons. The van der Waals surface area contributed by atoms with Crippen LogP contribution >= 0.6 is 0 Å². The number of carbonyl (C=O) groups excluding carboxylic acids is 3. The number of halogens is 2. The van der Waals surface area contributed by atoms with Crippen LogP contribution in [0.25, 0.3) is 0 Å². The van der Waals surface area contributed by atoms with Crippen molar-refractivity contribution in [1.82, 2.24) is 15.1 Å². The molecule has 3 atom stereocenters. The van der Waals surface area contributed by atoms with Crippen molar-refractivity contribution in [3.63, 3.8) is 0 Å².